The molecule has 0 radical (unpaired) electrons. The number of pyridine rings is 2. The molecule has 1 saturated carbocycles. The first-order valence-electron chi connectivity index (χ1n) is 10.7. The number of carbonyl (C=O) groups excluding carboxylic acids is 1. The summed E-state index contributed by atoms with van der Waals surface area (Å²) in [6.45, 7) is 3.04. The molecular weight excluding hydrogens is 390 g/mol. The molecule has 0 saturated heterocycles. The second kappa shape index (κ2) is 8.12. The number of aryl methyl sites for hydroxylation is 1. The van der Waals surface area contributed by atoms with Gasteiger partial charge in [0.15, 0.2) is 0 Å². The van der Waals surface area contributed by atoms with Crippen LogP contribution in [0.25, 0.3) is 11.1 Å². The maximum atomic E-state index is 13.1. The molecule has 6 nitrogen and oxygen atoms in total. The SMILES string of the molecule is Cc1cc(-c2ccc(CN3Cc4ccnc(O[C@@H]5CCC[C@H]5O)c4C3=O)cc2)ccn1. The minimum absolute atomic E-state index is 0.0700. The van der Waals surface area contributed by atoms with Gasteiger partial charge in [-0.1, -0.05) is 24.3 Å². The second-order valence-corrected chi connectivity index (χ2v) is 8.35. The molecule has 1 aliphatic heterocycles. The van der Waals surface area contributed by atoms with Gasteiger partial charge in [0.2, 0.25) is 5.88 Å². The molecule has 0 bridgehead atoms. The lowest BCUT2D eigenvalue weighted by molar-refractivity contribution is 0.0553. The van der Waals surface area contributed by atoms with Gasteiger partial charge in [0.25, 0.3) is 5.91 Å². The summed E-state index contributed by atoms with van der Waals surface area (Å²) < 4.78 is 5.96. The Kier molecular flexibility index (Phi) is 5.16. The van der Waals surface area contributed by atoms with E-state index in [0.29, 0.717) is 24.5 Å². The van der Waals surface area contributed by atoms with Crippen molar-refractivity contribution < 1.29 is 14.6 Å². The lowest BCUT2D eigenvalue weighted by Gasteiger charge is -2.18. The molecule has 1 aromatic carbocycles. The number of rotatable bonds is 5. The maximum Gasteiger partial charge on any atom is 0.260 e. The van der Waals surface area contributed by atoms with E-state index in [1.165, 1.54) is 0 Å². The molecule has 0 spiro atoms. The van der Waals surface area contributed by atoms with Gasteiger partial charge in [-0.05, 0) is 66.6 Å². The highest BCUT2D eigenvalue weighted by Crippen LogP contribution is 2.33. The molecule has 2 atom stereocenters. The summed E-state index contributed by atoms with van der Waals surface area (Å²) in [5.41, 5.74) is 5.76. The predicted octanol–water partition coefficient (Wildman–Crippen LogP) is 3.90. The highest BCUT2D eigenvalue weighted by atomic mass is 16.5. The van der Waals surface area contributed by atoms with Gasteiger partial charge in [0, 0.05) is 31.2 Å². The van der Waals surface area contributed by atoms with Crippen molar-refractivity contribution in [2.75, 3.05) is 0 Å². The topological polar surface area (TPSA) is 75.6 Å². The third-order valence-corrected chi connectivity index (χ3v) is 6.10. The smallest absolute Gasteiger partial charge is 0.260 e. The Morgan fingerprint density at radius 2 is 1.87 bits per heavy atom. The predicted molar refractivity (Wildman–Crippen MR) is 116 cm³/mol. The molecule has 1 fully saturated rings. The van der Waals surface area contributed by atoms with E-state index in [9.17, 15) is 9.90 Å². The second-order valence-electron chi connectivity index (χ2n) is 8.35. The zero-order valence-corrected chi connectivity index (χ0v) is 17.5. The molecule has 3 aromatic rings. The van der Waals surface area contributed by atoms with Crippen molar-refractivity contribution in [3.05, 3.63) is 77.2 Å². The van der Waals surface area contributed by atoms with E-state index in [2.05, 4.69) is 40.3 Å². The molecular formula is C25H25N3O3. The molecule has 6 heteroatoms. The zero-order valence-electron chi connectivity index (χ0n) is 17.5. The largest absolute Gasteiger partial charge is 0.471 e. The van der Waals surface area contributed by atoms with Crippen LogP contribution in [0.2, 0.25) is 0 Å². The summed E-state index contributed by atoms with van der Waals surface area (Å²) in [6.07, 6.45) is 5.16. The molecule has 2 aromatic heterocycles. The first kappa shape index (κ1) is 19.7. The Morgan fingerprint density at radius 3 is 2.61 bits per heavy atom. The highest BCUT2D eigenvalue weighted by molar-refractivity contribution is 6.00. The van der Waals surface area contributed by atoms with E-state index in [1.54, 1.807) is 6.20 Å². The molecule has 5 rings (SSSR count). The average molecular weight is 415 g/mol. The van der Waals surface area contributed by atoms with E-state index in [4.69, 9.17) is 4.74 Å². The number of aliphatic hydroxyl groups is 1. The number of fused-ring (bicyclic) bond motifs is 1. The molecule has 158 valence electrons. The number of hydrogen-bond donors (Lipinski definition) is 1. The van der Waals surface area contributed by atoms with E-state index >= 15 is 0 Å². The van der Waals surface area contributed by atoms with E-state index in [0.717, 1.165) is 47.2 Å². The molecule has 31 heavy (non-hydrogen) atoms. The number of carbonyl (C=O) groups is 1. The summed E-state index contributed by atoms with van der Waals surface area (Å²) in [6, 6.07) is 14.2. The first-order valence-corrected chi connectivity index (χ1v) is 10.7. The summed E-state index contributed by atoms with van der Waals surface area (Å²) in [4.78, 5) is 23.5. The van der Waals surface area contributed by atoms with Crippen molar-refractivity contribution in [1.29, 1.82) is 0 Å². The monoisotopic (exact) mass is 415 g/mol. The van der Waals surface area contributed by atoms with Gasteiger partial charge in [-0.15, -0.1) is 0 Å². The maximum absolute atomic E-state index is 13.1. The van der Waals surface area contributed by atoms with Gasteiger partial charge in [0.1, 0.15) is 11.7 Å². The van der Waals surface area contributed by atoms with Crippen LogP contribution in [0.1, 0.15) is 46.4 Å². The van der Waals surface area contributed by atoms with Gasteiger partial charge >= 0.3 is 0 Å². The van der Waals surface area contributed by atoms with Crippen LogP contribution in [-0.2, 0) is 13.1 Å². The van der Waals surface area contributed by atoms with Crippen molar-refractivity contribution in [3.63, 3.8) is 0 Å². The molecule has 0 unspecified atom stereocenters. The highest BCUT2D eigenvalue weighted by Gasteiger charge is 2.34. The van der Waals surface area contributed by atoms with Crippen LogP contribution in [0.3, 0.4) is 0 Å². The summed E-state index contributed by atoms with van der Waals surface area (Å²) in [5.74, 6) is 0.277. The fourth-order valence-electron chi connectivity index (χ4n) is 4.43. The van der Waals surface area contributed by atoms with Gasteiger partial charge in [-0.3, -0.25) is 9.78 Å². The van der Waals surface area contributed by atoms with Crippen molar-refractivity contribution in [2.24, 2.45) is 0 Å². The Labute approximate surface area is 181 Å². The summed E-state index contributed by atoms with van der Waals surface area (Å²) in [5, 5.41) is 10.1. The molecule has 1 N–H and O–H groups in total. The van der Waals surface area contributed by atoms with Crippen molar-refractivity contribution in [3.8, 4) is 17.0 Å². The number of nitrogens with zero attached hydrogens (tertiary/aromatic N) is 3. The zero-order chi connectivity index (χ0) is 21.4. The number of aromatic nitrogens is 2. The quantitative estimate of drug-likeness (QED) is 0.684. The van der Waals surface area contributed by atoms with E-state index < -0.39 is 6.10 Å². The van der Waals surface area contributed by atoms with Gasteiger partial charge in [-0.2, -0.15) is 0 Å². The number of aliphatic hydroxyl groups excluding tert-OH is 1. The number of amides is 1. The Hall–Kier alpha value is -3.25. The number of ether oxygens (including phenoxy) is 1. The van der Waals surface area contributed by atoms with Gasteiger partial charge in [0.05, 0.1) is 6.10 Å². The number of hydrogen-bond acceptors (Lipinski definition) is 5. The van der Waals surface area contributed by atoms with Crippen molar-refractivity contribution in [1.82, 2.24) is 14.9 Å². The van der Waals surface area contributed by atoms with Gasteiger partial charge < -0.3 is 14.7 Å². The first-order chi connectivity index (χ1) is 15.1. The molecule has 1 amide bonds. The summed E-state index contributed by atoms with van der Waals surface area (Å²) >= 11 is 0. The van der Waals surface area contributed by atoms with Gasteiger partial charge in [-0.25, -0.2) is 4.98 Å². The van der Waals surface area contributed by atoms with Crippen molar-refractivity contribution >= 4 is 5.91 Å². The third-order valence-electron chi connectivity index (χ3n) is 6.10. The Bertz CT molecular complexity index is 1110. The Balaban J connectivity index is 1.31. The number of benzene rings is 1. The van der Waals surface area contributed by atoms with Crippen LogP contribution in [0.15, 0.2) is 54.9 Å². The minimum atomic E-state index is -0.493. The normalized spacial score (nSPS) is 20.2. The lowest BCUT2D eigenvalue weighted by Crippen LogP contribution is -2.27. The van der Waals surface area contributed by atoms with Crippen LogP contribution in [0, 0.1) is 6.92 Å². The van der Waals surface area contributed by atoms with E-state index in [1.807, 2.05) is 30.2 Å². The lowest BCUT2D eigenvalue weighted by atomic mass is 10.0. The van der Waals surface area contributed by atoms with Crippen molar-refractivity contribution in [2.45, 2.75) is 51.5 Å². The fraction of sp³-hybridized carbons (Fsp3) is 0.320. The standard InChI is InChI=1S/C25H25N3O3/c1-16-13-19(9-11-26-16)18-7-5-17(6-8-18)14-28-15-20-10-12-27-24(23(20)25(28)30)31-22-4-2-3-21(22)29/h5-13,21-22,29H,2-4,14-15H2,1H3/t21-,22-/m1/s1. The third kappa shape index (κ3) is 3.91. The fourth-order valence-corrected chi connectivity index (χ4v) is 4.43. The van der Waals surface area contributed by atoms with Crippen LogP contribution in [-0.4, -0.2) is 38.1 Å². The van der Waals surface area contributed by atoms with Crippen LogP contribution < -0.4 is 4.74 Å². The minimum Gasteiger partial charge on any atom is -0.471 e. The molecule has 1 aliphatic carbocycles. The van der Waals surface area contributed by atoms with Crippen LogP contribution >= 0.6 is 0 Å². The average Bonchev–Trinajstić information content (AvgIpc) is 3.32. The summed E-state index contributed by atoms with van der Waals surface area (Å²) in [7, 11) is 0. The van der Waals surface area contributed by atoms with E-state index in [-0.39, 0.29) is 12.0 Å². The molecule has 2 aliphatic rings. The van der Waals surface area contributed by atoms with Crippen LogP contribution in [0.5, 0.6) is 5.88 Å². The van der Waals surface area contributed by atoms with Crippen LogP contribution in [0.4, 0.5) is 0 Å². The Morgan fingerprint density at radius 1 is 1.06 bits per heavy atom. The molecule has 3 heterocycles.